The summed E-state index contributed by atoms with van der Waals surface area (Å²) >= 11 is 4.69. The van der Waals surface area contributed by atoms with E-state index in [4.69, 9.17) is 22.7 Å². The summed E-state index contributed by atoms with van der Waals surface area (Å²) in [5, 5.41) is 4.13. The number of carbonyl (C=O) groups is 1. The Morgan fingerprint density at radius 3 is 2.44 bits per heavy atom. The van der Waals surface area contributed by atoms with E-state index in [1.807, 2.05) is 55.5 Å². The first-order valence-electron chi connectivity index (χ1n) is 8.16. The molecule has 0 aliphatic heterocycles. The van der Waals surface area contributed by atoms with Gasteiger partial charge in [0.1, 0.15) is 12.4 Å². The molecule has 2 rings (SSSR count). The van der Waals surface area contributed by atoms with Crippen molar-refractivity contribution in [2.24, 2.45) is 10.8 Å². The number of hydrogen-bond donors (Lipinski definition) is 2. The summed E-state index contributed by atoms with van der Waals surface area (Å²) in [6, 6.07) is 14.8. The molecule has 0 atom stereocenters. The van der Waals surface area contributed by atoms with Crippen LogP contribution in [0.4, 0.5) is 0 Å². The quantitative estimate of drug-likeness (QED) is 0.330. The highest BCUT2D eigenvalue weighted by Crippen LogP contribution is 2.15. The minimum atomic E-state index is -0.354. The van der Waals surface area contributed by atoms with E-state index in [9.17, 15) is 4.79 Å². The lowest BCUT2D eigenvalue weighted by Crippen LogP contribution is -2.24. The molecule has 0 aliphatic carbocycles. The molecule has 0 saturated carbocycles. The Bertz CT molecular complexity index is 844. The lowest BCUT2D eigenvalue weighted by atomic mass is 10.1. The van der Waals surface area contributed by atoms with E-state index in [1.165, 1.54) is 7.11 Å². The van der Waals surface area contributed by atoms with Gasteiger partial charge in [0, 0.05) is 0 Å². The normalized spacial score (nSPS) is 11.3. The number of nitrogens with one attached hydrogen (secondary N) is 1. The Labute approximate surface area is 163 Å². The number of methoxy groups -OCH3 is 1. The summed E-state index contributed by atoms with van der Waals surface area (Å²) in [6.45, 7) is 2.25. The Morgan fingerprint density at radius 2 is 1.85 bits per heavy atom. The van der Waals surface area contributed by atoms with E-state index in [0.717, 1.165) is 22.6 Å². The molecule has 0 saturated heterocycles. The molecule has 0 spiro atoms. The van der Waals surface area contributed by atoms with Gasteiger partial charge in [0.05, 0.1) is 18.4 Å². The zero-order chi connectivity index (χ0) is 19.6. The van der Waals surface area contributed by atoms with Gasteiger partial charge in [-0.15, -0.1) is 0 Å². The lowest BCUT2D eigenvalue weighted by molar-refractivity contribution is 0.0600. The highest BCUT2D eigenvalue weighted by molar-refractivity contribution is 7.80. The molecule has 0 unspecified atom stereocenters. The van der Waals surface area contributed by atoms with Gasteiger partial charge in [-0.3, -0.25) is 5.43 Å². The van der Waals surface area contributed by atoms with Crippen LogP contribution in [0.15, 0.2) is 59.7 Å². The fraction of sp³-hybridized carbons (Fsp3) is 0.150. The summed E-state index contributed by atoms with van der Waals surface area (Å²) in [5.41, 5.74) is 11.1. The molecule has 0 aromatic heterocycles. The third-order valence-electron chi connectivity index (χ3n) is 3.52. The summed E-state index contributed by atoms with van der Waals surface area (Å²) in [4.78, 5) is 11.4. The average molecular weight is 383 g/mol. The third-order valence-corrected chi connectivity index (χ3v) is 3.61. The molecule has 3 N–H and O–H groups in total. The van der Waals surface area contributed by atoms with Crippen molar-refractivity contribution in [3.8, 4) is 5.75 Å². The third kappa shape index (κ3) is 6.91. The van der Waals surface area contributed by atoms with Gasteiger partial charge < -0.3 is 15.2 Å². The summed E-state index contributed by atoms with van der Waals surface area (Å²) < 4.78 is 10.4. The fourth-order valence-electron chi connectivity index (χ4n) is 2.09. The van der Waals surface area contributed by atoms with Crippen LogP contribution in [0, 0.1) is 0 Å². The average Bonchev–Trinajstić information content (AvgIpc) is 2.69. The maximum Gasteiger partial charge on any atom is 0.337 e. The van der Waals surface area contributed by atoms with Gasteiger partial charge in [0.15, 0.2) is 5.11 Å². The second kappa shape index (κ2) is 10.1. The minimum absolute atomic E-state index is 0.129. The second-order valence-electron chi connectivity index (χ2n) is 5.61. The molecule has 0 aliphatic rings. The summed E-state index contributed by atoms with van der Waals surface area (Å²) in [5.74, 6) is 0.401. The van der Waals surface area contributed by atoms with Crippen molar-refractivity contribution in [2.75, 3.05) is 7.11 Å². The highest BCUT2D eigenvalue weighted by atomic mass is 32.1. The molecule has 0 bridgehead atoms. The molecular weight excluding hydrogens is 362 g/mol. The van der Waals surface area contributed by atoms with Gasteiger partial charge in [-0.1, -0.05) is 30.3 Å². The number of ether oxygens (including phenoxy) is 2. The van der Waals surface area contributed by atoms with E-state index in [1.54, 1.807) is 12.1 Å². The first-order valence-corrected chi connectivity index (χ1v) is 8.56. The SMILES string of the molecule is COC(=O)c1ccc(COc2ccc(/C=C/C(C)=N/NC(N)=S)cc2)cc1. The van der Waals surface area contributed by atoms with Crippen molar-refractivity contribution in [2.45, 2.75) is 13.5 Å². The predicted molar refractivity (Wildman–Crippen MR) is 111 cm³/mol. The van der Waals surface area contributed by atoms with Crippen molar-refractivity contribution < 1.29 is 14.3 Å². The number of hydrogen-bond acceptors (Lipinski definition) is 5. The zero-order valence-electron chi connectivity index (χ0n) is 15.1. The van der Waals surface area contributed by atoms with E-state index in [0.29, 0.717) is 12.2 Å². The van der Waals surface area contributed by atoms with Crippen LogP contribution in [-0.2, 0) is 11.3 Å². The van der Waals surface area contributed by atoms with Crippen molar-refractivity contribution in [3.05, 3.63) is 71.3 Å². The van der Waals surface area contributed by atoms with Gasteiger partial charge in [0.2, 0.25) is 0 Å². The first kappa shape index (κ1) is 20.1. The number of rotatable bonds is 7. The molecule has 2 aromatic carbocycles. The lowest BCUT2D eigenvalue weighted by Gasteiger charge is -2.07. The molecule has 140 valence electrons. The molecule has 0 radical (unpaired) electrons. The van der Waals surface area contributed by atoms with Crippen LogP contribution >= 0.6 is 12.2 Å². The van der Waals surface area contributed by atoms with Gasteiger partial charge in [-0.05, 0) is 60.6 Å². The number of carbonyl (C=O) groups excluding carboxylic acids is 1. The van der Waals surface area contributed by atoms with Crippen LogP contribution in [0.2, 0.25) is 0 Å². The van der Waals surface area contributed by atoms with Crippen molar-refractivity contribution in [1.29, 1.82) is 0 Å². The van der Waals surface area contributed by atoms with E-state index >= 15 is 0 Å². The predicted octanol–water partition coefficient (Wildman–Crippen LogP) is 3.27. The van der Waals surface area contributed by atoms with E-state index < -0.39 is 0 Å². The van der Waals surface area contributed by atoms with Crippen LogP contribution in [0.25, 0.3) is 6.08 Å². The summed E-state index contributed by atoms with van der Waals surface area (Å²) in [7, 11) is 1.36. The monoisotopic (exact) mass is 383 g/mol. The van der Waals surface area contributed by atoms with Crippen molar-refractivity contribution >= 4 is 35.1 Å². The first-order chi connectivity index (χ1) is 13.0. The van der Waals surface area contributed by atoms with Gasteiger partial charge in [0.25, 0.3) is 0 Å². The number of hydrazone groups is 1. The van der Waals surface area contributed by atoms with Gasteiger partial charge in [-0.25, -0.2) is 4.79 Å². The van der Waals surface area contributed by atoms with Gasteiger partial charge in [-0.2, -0.15) is 5.10 Å². The standard InChI is InChI=1S/C20H21N3O3S/c1-14(22-23-20(21)27)3-4-15-7-11-18(12-8-15)26-13-16-5-9-17(10-6-16)19(24)25-2/h3-12H,13H2,1-2H3,(H3,21,23,27)/b4-3+,22-14+. The molecule has 6 nitrogen and oxygen atoms in total. The number of nitrogens with zero attached hydrogens (tertiary/aromatic N) is 1. The van der Waals surface area contributed by atoms with Crippen LogP contribution in [0.3, 0.4) is 0 Å². The minimum Gasteiger partial charge on any atom is -0.489 e. The largest absolute Gasteiger partial charge is 0.489 e. The van der Waals surface area contributed by atoms with E-state index in [-0.39, 0.29) is 11.1 Å². The molecular formula is C20H21N3O3S. The van der Waals surface area contributed by atoms with Gasteiger partial charge >= 0.3 is 5.97 Å². The number of nitrogens with two attached hydrogens (primary N) is 1. The smallest absolute Gasteiger partial charge is 0.337 e. The van der Waals surface area contributed by atoms with Crippen molar-refractivity contribution in [1.82, 2.24) is 5.43 Å². The molecule has 7 heteroatoms. The number of esters is 1. The topological polar surface area (TPSA) is 85.9 Å². The van der Waals surface area contributed by atoms with Crippen molar-refractivity contribution in [3.63, 3.8) is 0 Å². The van der Waals surface area contributed by atoms with E-state index in [2.05, 4.69) is 15.3 Å². The molecule has 0 amide bonds. The Hall–Kier alpha value is -3.19. The number of allylic oxidation sites excluding steroid dienone is 1. The maximum absolute atomic E-state index is 11.4. The maximum atomic E-state index is 11.4. The Kier molecular flexibility index (Phi) is 7.51. The Balaban J connectivity index is 1.89. The Morgan fingerprint density at radius 1 is 1.19 bits per heavy atom. The number of benzene rings is 2. The number of thiocarbonyl (C=S) groups is 1. The molecule has 0 fully saturated rings. The van der Waals surface area contributed by atoms with Crippen LogP contribution < -0.4 is 15.9 Å². The van der Waals surface area contributed by atoms with Crippen LogP contribution in [-0.4, -0.2) is 23.9 Å². The molecule has 27 heavy (non-hydrogen) atoms. The van der Waals surface area contributed by atoms with Crippen LogP contribution in [0.1, 0.15) is 28.4 Å². The zero-order valence-corrected chi connectivity index (χ0v) is 16.0. The molecule has 2 aromatic rings. The second-order valence-corrected chi connectivity index (χ2v) is 6.05. The molecule has 0 heterocycles. The van der Waals surface area contributed by atoms with Crippen LogP contribution in [0.5, 0.6) is 5.75 Å². The fourth-order valence-corrected chi connectivity index (χ4v) is 2.14. The highest BCUT2D eigenvalue weighted by Gasteiger charge is 2.04. The summed E-state index contributed by atoms with van der Waals surface area (Å²) in [6.07, 6.45) is 3.78.